The summed E-state index contributed by atoms with van der Waals surface area (Å²) in [5, 5.41) is 16.8. The van der Waals surface area contributed by atoms with Gasteiger partial charge in [-0.3, -0.25) is 14.9 Å². The van der Waals surface area contributed by atoms with E-state index in [-0.39, 0.29) is 41.3 Å². The van der Waals surface area contributed by atoms with Gasteiger partial charge in [0.05, 0.1) is 38.7 Å². The molecule has 12 heteroatoms. The maximum atomic E-state index is 12.7. The van der Waals surface area contributed by atoms with Crippen LogP contribution in [0.2, 0.25) is 10.0 Å². The van der Waals surface area contributed by atoms with Crippen molar-refractivity contribution in [2.45, 2.75) is 13.5 Å². The highest BCUT2D eigenvalue weighted by Crippen LogP contribution is 2.39. The van der Waals surface area contributed by atoms with E-state index >= 15 is 0 Å². The first kappa shape index (κ1) is 25.0. The molecule has 0 atom stereocenters. The van der Waals surface area contributed by atoms with Crippen molar-refractivity contribution in [2.75, 3.05) is 6.61 Å². The zero-order chi connectivity index (χ0) is 25.8. The number of para-hydroxylation sites is 1. The van der Waals surface area contributed by atoms with E-state index in [9.17, 15) is 19.7 Å². The smallest absolute Gasteiger partial charge is 0.349 e. The molecule has 10 nitrogen and oxygen atoms in total. The van der Waals surface area contributed by atoms with Crippen LogP contribution in [-0.2, 0) is 6.61 Å². The first-order chi connectivity index (χ1) is 17.3. The van der Waals surface area contributed by atoms with Gasteiger partial charge in [0.15, 0.2) is 5.75 Å². The van der Waals surface area contributed by atoms with Crippen molar-refractivity contribution >= 4 is 46.0 Å². The predicted molar refractivity (Wildman–Crippen MR) is 137 cm³/mol. The molecule has 0 radical (unpaired) electrons. The first-order valence-corrected chi connectivity index (χ1v) is 11.3. The van der Waals surface area contributed by atoms with E-state index in [0.717, 1.165) is 6.21 Å². The van der Waals surface area contributed by atoms with Crippen LogP contribution in [0.3, 0.4) is 0 Å². The lowest BCUT2D eigenvalue weighted by molar-refractivity contribution is -0.386. The number of ether oxygens (including phenoxy) is 2. The van der Waals surface area contributed by atoms with Gasteiger partial charge < -0.3 is 14.5 Å². The molecule has 0 aliphatic heterocycles. The maximum Gasteiger partial charge on any atom is 0.349 e. The number of hydrogen-bond donors (Lipinski definition) is 1. The number of nitrogens with one attached hydrogen (secondary N) is 1. The van der Waals surface area contributed by atoms with Crippen LogP contribution in [0.5, 0.6) is 11.5 Å². The Morgan fingerprint density at radius 2 is 1.86 bits per heavy atom. The lowest BCUT2D eigenvalue weighted by atomic mass is 10.1. The molecule has 0 saturated carbocycles. The Hall–Kier alpha value is -4.15. The van der Waals surface area contributed by atoms with Gasteiger partial charge in [-0.2, -0.15) is 5.10 Å². The van der Waals surface area contributed by atoms with Gasteiger partial charge >= 0.3 is 11.4 Å². The molecule has 0 aliphatic rings. The highest BCUT2D eigenvalue weighted by Gasteiger charge is 2.23. The Balaban J connectivity index is 1.72. The Labute approximate surface area is 213 Å². The van der Waals surface area contributed by atoms with Gasteiger partial charge in [-0.25, -0.2) is 4.79 Å². The highest BCUT2D eigenvalue weighted by molar-refractivity contribution is 6.42. The number of H-pyrrole nitrogens is 1. The van der Waals surface area contributed by atoms with Gasteiger partial charge in [-0.15, -0.1) is 4.68 Å². The number of aromatic amines is 1. The van der Waals surface area contributed by atoms with Crippen LogP contribution in [0.4, 0.5) is 5.69 Å². The van der Waals surface area contributed by atoms with E-state index in [4.69, 9.17) is 32.7 Å². The molecule has 1 aromatic heterocycles. The summed E-state index contributed by atoms with van der Waals surface area (Å²) in [4.78, 5) is 38.8. The third kappa shape index (κ3) is 5.24. The lowest BCUT2D eigenvalue weighted by Crippen LogP contribution is -2.32. The van der Waals surface area contributed by atoms with E-state index in [2.05, 4.69) is 10.1 Å². The number of nitro benzene ring substituents is 1. The van der Waals surface area contributed by atoms with E-state index in [0.29, 0.717) is 25.8 Å². The summed E-state index contributed by atoms with van der Waals surface area (Å²) in [5.74, 6) is -0.00114. The monoisotopic (exact) mass is 528 g/mol. The molecule has 184 valence electrons. The predicted octanol–water partition coefficient (Wildman–Crippen LogP) is 4.76. The summed E-state index contributed by atoms with van der Waals surface area (Å²) in [6, 6.07) is 14.0. The zero-order valence-corrected chi connectivity index (χ0v) is 20.2. The van der Waals surface area contributed by atoms with E-state index in [1.165, 1.54) is 12.1 Å². The summed E-state index contributed by atoms with van der Waals surface area (Å²) >= 11 is 12.0. The molecule has 36 heavy (non-hydrogen) atoms. The van der Waals surface area contributed by atoms with Crippen molar-refractivity contribution in [2.24, 2.45) is 5.10 Å². The molecular weight excluding hydrogens is 511 g/mol. The van der Waals surface area contributed by atoms with Crippen LogP contribution in [0, 0.1) is 10.1 Å². The second-order valence-corrected chi connectivity index (χ2v) is 8.25. The normalized spacial score (nSPS) is 11.2. The molecule has 0 unspecified atom stereocenters. The summed E-state index contributed by atoms with van der Waals surface area (Å²) in [6.07, 6.45) is 1.16. The molecule has 1 N–H and O–H groups in total. The molecule has 0 amide bonds. The average Bonchev–Trinajstić information content (AvgIpc) is 2.85. The Bertz CT molecular complexity index is 1610. The molecule has 0 bridgehead atoms. The summed E-state index contributed by atoms with van der Waals surface area (Å²) < 4.78 is 12.0. The molecule has 4 rings (SSSR count). The summed E-state index contributed by atoms with van der Waals surface area (Å²) in [7, 11) is 0. The van der Waals surface area contributed by atoms with Crippen LogP contribution >= 0.6 is 23.2 Å². The molecule has 3 aromatic carbocycles. The average molecular weight is 529 g/mol. The number of fused-ring (bicyclic) bond motifs is 1. The quantitative estimate of drug-likeness (QED) is 0.199. The second kappa shape index (κ2) is 10.6. The molecule has 0 spiro atoms. The topological polar surface area (TPSA) is 129 Å². The Kier molecular flexibility index (Phi) is 7.37. The van der Waals surface area contributed by atoms with Gasteiger partial charge in [-0.1, -0.05) is 41.4 Å². The summed E-state index contributed by atoms with van der Waals surface area (Å²) in [5.41, 5.74) is -0.546. The van der Waals surface area contributed by atoms with E-state index < -0.39 is 16.2 Å². The molecule has 0 saturated heterocycles. The SMILES string of the molecule is CCOc1cc(C=Nn2c(=O)[nH]c3ccccc3c2=O)cc([N+](=O)[O-])c1OCc1ccc(Cl)c(Cl)c1. The van der Waals surface area contributed by atoms with Gasteiger partial charge in [0.25, 0.3) is 5.56 Å². The van der Waals surface area contributed by atoms with Crippen LogP contribution < -0.4 is 20.7 Å². The van der Waals surface area contributed by atoms with Gasteiger partial charge in [0.1, 0.15) is 6.61 Å². The van der Waals surface area contributed by atoms with Crippen LogP contribution in [0.25, 0.3) is 10.9 Å². The molecule has 1 heterocycles. The van der Waals surface area contributed by atoms with Crippen LogP contribution in [0.15, 0.2) is 69.3 Å². The van der Waals surface area contributed by atoms with E-state index in [1.807, 2.05) is 0 Å². The number of aromatic nitrogens is 2. The van der Waals surface area contributed by atoms with Crippen molar-refractivity contribution in [3.05, 3.63) is 107 Å². The highest BCUT2D eigenvalue weighted by atomic mass is 35.5. The minimum atomic E-state index is -0.754. The van der Waals surface area contributed by atoms with Crippen molar-refractivity contribution in [3.8, 4) is 11.5 Å². The lowest BCUT2D eigenvalue weighted by Gasteiger charge is -2.13. The standard InChI is InChI=1S/C24H18Cl2N4O6/c1-2-35-21-11-15(12-27-29-23(31)16-5-3-4-6-19(16)28-24(29)32)10-20(30(33)34)22(21)36-13-14-7-8-17(25)18(26)9-14/h3-12H,2,13H2,1H3,(H,28,32). The Morgan fingerprint density at radius 1 is 1.08 bits per heavy atom. The molecule has 4 aromatic rings. The fourth-order valence-corrected chi connectivity index (χ4v) is 3.71. The van der Waals surface area contributed by atoms with Gasteiger partial charge in [0.2, 0.25) is 5.75 Å². The summed E-state index contributed by atoms with van der Waals surface area (Å²) in [6.45, 7) is 1.88. The number of halogens is 2. The van der Waals surface area contributed by atoms with Crippen LogP contribution in [-0.4, -0.2) is 27.4 Å². The van der Waals surface area contributed by atoms with Crippen molar-refractivity contribution in [3.63, 3.8) is 0 Å². The van der Waals surface area contributed by atoms with Crippen molar-refractivity contribution < 1.29 is 14.4 Å². The van der Waals surface area contributed by atoms with Gasteiger partial charge in [0, 0.05) is 11.6 Å². The minimum Gasteiger partial charge on any atom is -0.490 e. The Morgan fingerprint density at radius 3 is 2.58 bits per heavy atom. The third-order valence-electron chi connectivity index (χ3n) is 5.03. The second-order valence-electron chi connectivity index (χ2n) is 7.43. The minimum absolute atomic E-state index is 0.0346. The largest absolute Gasteiger partial charge is 0.490 e. The molecular formula is C24H18Cl2N4O6. The number of rotatable bonds is 8. The number of benzene rings is 3. The third-order valence-corrected chi connectivity index (χ3v) is 5.77. The van der Waals surface area contributed by atoms with Crippen LogP contribution in [0.1, 0.15) is 18.1 Å². The zero-order valence-electron chi connectivity index (χ0n) is 18.7. The first-order valence-electron chi connectivity index (χ1n) is 10.6. The fraction of sp³-hybridized carbons (Fsp3) is 0.125. The number of hydrogen-bond acceptors (Lipinski definition) is 7. The van der Waals surface area contributed by atoms with Crippen molar-refractivity contribution in [1.82, 2.24) is 9.66 Å². The number of nitrogens with zero attached hydrogens (tertiary/aromatic N) is 3. The molecule has 0 aliphatic carbocycles. The van der Waals surface area contributed by atoms with Crippen molar-refractivity contribution in [1.29, 1.82) is 0 Å². The van der Waals surface area contributed by atoms with E-state index in [1.54, 1.807) is 49.4 Å². The van der Waals surface area contributed by atoms with Gasteiger partial charge in [-0.05, 0) is 42.8 Å². The maximum absolute atomic E-state index is 12.7. The number of nitro groups is 1. The fourth-order valence-electron chi connectivity index (χ4n) is 3.39. The molecule has 0 fully saturated rings.